The Morgan fingerprint density at radius 1 is 1.04 bits per heavy atom. The fourth-order valence-corrected chi connectivity index (χ4v) is 5.64. The molecule has 1 aromatic rings. The molecule has 3 fully saturated rings. The molecule has 0 N–H and O–H groups in total. The van der Waals surface area contributed by atoms with E-state index in [1.807, 2.05) is 17.0 Å². The van der Waals surface area contributed by atoms with Gasteiger partial charge in [0.2, 0.25) is 0 Å². The van der Waals surface area contributed by atoms with Crippen molar-refractivity contribution in [2.75, 3.05) is 50.8 Å². The number of nitrogens with zero attached hydrogens (tertiary/aromatic N) is 3. The summed E-state index contributed by atoms with van der Waals surface area (Å²) in [7, 11) is 0. The molecule has 0 spiro atoms. The molecule has 0 unspecified atom stereocenters. The van der Waals surface area contributed by atoms with E-state index in [9.17, 15) is 4.79 Å². The fraction of sp³-hybridized carbons (Fsp3) is 0.762. The number of likely N-dealkylation sites (tertiary alicyclic amines) is 2. The molecule has 0 bridgehead atoms. The Balaban J connectivity index is 1.31. The van der Waals surface area contributed by atoms with Crippen molar-refractivity contribution in [1.82, 2.24) is 14.7 Å². The molecule has 3 aliphatic heterocycles. The number of carbonyl (C=O) groups is 1. The second-order valence-corrected chi connectivity index (χ2v) is 9.37. The minimum Gasteiger partial charge on any atom is -0.454 e. The molecule has 6 heteroatoms. The third-order valence-electron chi connectivity index (χ3n) is 6.50. The summed E-state index contributed by atoms with van der Waals surface area (Å²) in [6.07, 6.45) is 6.04. The summed E-state index contributed by atoms with van der Waals surface area (Å²) in [6, 6.07) is 4.80. The van der Waals surface area contributed by atoms with Crippen LogP contribution in [0.5, 0.6) is 0 Å². The van der Waals surface area contributed by atoms with E-state index in [0.29, 0.717) is 11.8 Å². The lowest BCUT2D eigenvalue weighted by Gasteiger charge is -2.39. The molecule has 0 aliphatic carbocycles. The van der Waals surface area contributed by atoms with Crippen LogP contribution in [0.15, 0.2) is 16.5 Å². The number of piperidine rings is 2. The summed E-state index contributed by atoms with van der Waals surface area (Å²) in [5.74, 6) is 4.02. The molecular weight excluding hydrogens is 358 g/mol. The zero-order valence-electron chi connectivity index (χ0n) is 16.6. The predicted octanol–water partition coefficient (Wildman–Crippen LogP) is 3.48. The van der Waals surface area contributed by atoms with Crippen molar-refractivity contribution >= 4 is 17.7 Å². The second-order valence-electron chi connectivity index (χ2n) is 8.15. The van der Waals surface area contributed by atoms with Crippen molar-refractivity contribution in [3.63, 3.8) is 0 Å². The maximum atomic E-state index is 12.9. The summed E-state index contributed by atoms with van der Waals surface area (Å²) >= 11 is 2.06. The number of furan rings is 1. The van der Waals surface area contributed by atoms with Gasteiger partial charge in [0.05, 0.1) is 6.04 Å². The highest BCUT2D eigenvalue weighted by molar-refractivity contribution is 7.99. The number of hydrogen-bond donors (Lipinski definition) is 0. The van der Waals surface area contributed by atoms with Crippen LogP contribution in [0.25, 0.3) is 0 Å². The Kier molecular flexibility index (Phi) is 6.46. The first-order chi connectivity index (χ1) is 13.2. The summed E-state index contributed by atoms with van der Waals surface area (Å²) in [5, 5.41) is 0. The van der Waals surface area contributed by atoms with E-state index >= 15 is 0 Å². The van der Waals surface area contributed by atoms with Crippen LogP contribution in [0, 0.1) is 0 Å². The predicted molar refractivity (Wildman–Crippen MR) is 110 cm³/mol. The van der Waals surface area contributed by atoms with E-state index in [1.165, 1.54) is 43.9 Å². The molecule has 0 aromatic carbocycles. The first-order valence-corrected chi connectivity index (χ1v) is 11.8. The lowest BCUT2D eigenvalue weighted by atomic mass is 10.0. The Morgan fingerprint density at radius 2 is 1.74 bits per heavy atom. The van der Waals surface area contributed by atoms with Crippen molar-refractivity contribution in [3.8, 4) is 0 Å². The van der Waals surface area contributed by atoms with Gasteiger partial charge in [-0.3, -0.25) is 14.6 Å². The smallest absolute Gasteiger partial charge is 0.289 e. The van der Waals surface area contributed by atoms with Crippen LogP contribution in [-0.2, 0) is 0 Å². The normalized spacial score (nSPS) is 24.9. The van der Waals surface area contributed by atoms with Crippen LogP contribution in [-0.4, -0.2) is 77.4 Å². The van der Waals surface area contributed by atoms with E-state index in [-0.39, 0.29) is 11.9 Å². The largest absolute Gasteiger partial charge is 0.454 e. The molecule has 27 heavy (non-hydrogen) atoms. The maximum Gasteiger partial charge on any atom is 0.289 e. The van der Waals surface area contributed by atoms with Crippen LogP contribution in [0.4, 0.5) is 0 Å². The highest BCUT2D eigenvalue weighted by Crippen LogP contribution is 2.27. The Labute approximate surface area is 167 Å². The van der Waals surface area contributed by atoms with Gasteiger partial charge in [-0.25, -0.2) is 0 Å². The first-order valence-electron chi connectivity index (χ1n) is 10.7. The molecule has 1 amide bonds. The average molecular weight is 392 g/mol. The SMILES string of the molecule is C[C@@H](c1ccc(C(=O)N2CCC(N3CCSCC3)CC2)o1)N1CCCCC1. The van der Waals surface area contributed by atoms with Gasteiger partial charge in [-0.15, -0.1) is 0 Å². The molecule has 3 saturated heterocycles. The molecule has 0 radical (unpaired) electrons. The highest BCUT2D eigenvalue weighted by Gasteiger charge is 2.30. The van der Waals surface area contributed by atoms with Gasteiger partial charge in [-0.2, -0.15) is 11.8 Å². The van der Waals surface area contributed by atoms with Crippen LogP contribution in [0.3, 0.4) is 0 Å². The Bertz CT molecular complexity index is 615. The van der Waals surface area contributed by atoms with Crippen molar-refractivity contribution < 1.29 is 9.21 Å². The summed E-state index contributed by atoms with van der Waals surface area (Å²) in [5.41, 5.74) is 0. The van der Waals surface area contributed by atoms with E-state index < -0.39 is 0 Å². The Morgan fingerprint density at radius 3 is 2.44 bits per heavy atom. The molecule has 0 saturated carbocycles. The molecule has 4 rings (SSSR count). The topological polar surface area (TPSA) is 39.9 Å². The van der Waals surface area contributed by atoms with E-state index in [4.69, 9.17) is 4.42 Å². The zero-order chi connectivity index (χ0) is 18.6. The van der Waals surface area contributed by atoms with Gasteiger partial charge in [0.1, 0.15) is 5.76 Å². The minimum absolute atomic E-state index is 0.0692. The maximum absolute atomic E-state index is 12.9. The molecule has 150 valence electrons. The van der Waals surface area contributed by atoms with E-state index in [1.54, 1.807) is 0 Å². The van der Waals surface area contributed by atoms with Crippen molar-refractivity contribution in [2.24, 2.45) is 0 Å². The van der Waals surface area contributed by atoms with Crippen molar-refractivity contribution in [3.05, 3.63) is 23.7 Å². The average Bonchev–Trinajstić information content (AvgIpc) is 3.24. The van der Waals surface area contributed by atoms with Gasteiger partial charge >= 0.3 is 0 Å². The second kappa shape index (κ2) is 9.01. The summed E-state index contributed by atoms with van der Waals surface area (Å²) < 4.78 is 6.01. The van der Waals surface area contributed by atoms with Crippen molar-refractivity contribution in [1.29, 1.82) is 0 Å². The van der Waals surface area contributed by atoms with Gasteiger partial charge in [0.25, 0.3) is 5.91 Å². The Hall–Kier alpha value is -0.980. The van der Waals surface area contributed by atoms with Crippen LogP contribution in [0.2, 0.25) is 0 Å². The van der Waals surface area contributed by atoms with Crippen molar-refractivity contribution in [2.45, 2.75) is 51.1 Å². The van der Waals surface area contributed by atoms with Crippen LogP contribution in [0.1, 0.15) is 61.4 Å². The van der Waals surface area contributed by atoms with E-state index in [0.717, 1.165) is 44.8 Å². The lowest BCUT2D eigenvalue weighted by Crippen LogP contribution is -2.49. The standard InChI is InChI=1S/C21H33N3O2S/c1-17(22-9-3-2-4-10-22)19-5-6-20(26-19)21(25)24-11-7-18(8-12-24)23-13-15-27-16-14-23/h5-6,17-18H,2-4,7-16H2,1H3/t17-/m0/s1. The number of amides is 1. The molecule has 4 heterocycles. The quantitative estimate of drug-likeness (QED) is 0.786. The highest BCUT2D eigenvalue weighted by atomic mass is 32.2. The monoisotopic (exact) mass is 391 g/mol. The molecule has 1 aromatic heterocycles. The van der Waals surface area contributed by atoms with Crippen LogP contribution >= 0.6 is 11.8 Å². The van der Waals surface area contributed by atoms with Gasteiger partial charge in [-0.05, 0) is 57.8 Å². The summed E-state index contributed by atoms with van der Waals surface area (Å²) in [4.78, 5) is 20.0. The first kappa shape index (κ1) is 19.3. The number of hydrogen-bond acceptors (Lipinski definition) is 5. The third kappa shape index (κ3) is 4.54. The molecule has 3 aliphatic rings. The van der Waals surface area contributed by atoms with E-state index in [2.05, 4.69) is 28.5 Å². The minimum atomic E-state index is 0.0692. The number of rotatable bonds is 4. The van der Waals surface area contributed by atoms with Crippen LogP contribution < -0.4 is 0 Å². The zero-order valence-corrected chi connectivity index (χ0v) is 17.4. The molecule has 5 nitrogen and oxygen atoms in total. The van der Waals surface area contributed by atoms with Gasteiger partial charge in [-0.1, -0.05) is 6.42 Å². The lowest BCUT2D eigenvalue weighted by molar-refractivity contribution is 0.0594. The summed E-state index contributed by atoms with van der Waals surface area (Å²) in [6.45, 7) is 8.58. The molecule has 1 atom stereocenters. The van der Waals surface area contributed by atoms with Gasteiger partial charge in [0, 0.05) is 43.7 Å². The van der Waals surface area contributed by atoms with Gasteiger partial charge in [0.15, 0.2) is 5.76 Å². The third-order valence-corrected chi connectivity index (χ3v) is 7.44. The molecular formula is C21H33N3O2S. The van der Waals surface area contributed by atoms with Gasteiger partial charge < -0.3 is 9.32 Å². The number of thioether (sulfide) groups is 1. The fourth-order valence-electron chi connectivity index (χ4n) is 4.71. The number of carbonyl (C=O) groups excluding carboxylic acids is 1.